The van der Waals surface area contributed by atoms with Gasteiger partial charge < -0.3 is 4.55 Å². The molecule has 2 aromatic rings. The molecule has 156 valence electrons. The fourth-order valence-corrected chi connectivity index (χ4v) is 4.53. The van der Waals surface area contributed by atoms with Gasteiger partial charge in [-0.05, 0) is 41.3 Å². The third-order valence-electron chi connectivity index (χ3n) is 5.49. The molecule has 0 saturated carbocycles. The molecule has 0 aliphatic rings. The third-order valence-corrected chi connectivity index (χ3v) is 6.39. The van der Waals surface area contributed by atoms with Gasteiger partial charge in [0.05, 0.1) is 4.90 Å². The molecule has 5 heteroatoms. The van der Waals surface area contributed by atoms with Gasteiger partial charge in [-0.25, -0.2) is 8.42 Å². The molecule has 0 bridgehead atoms. The van der Waals surface area contributed by atoms with E-state index in [1.54, 1.807) is 6.07 Å². The van der Waals surface area contributed by atoms with Gasteiger partial charge in [0, 0.05) is 0 Å². The smallest absolute Gasteiger partial charge is 0.744 e. The van der Waals surface area contributed by atoms with Crippen molar-refractivity contribution < 1.29 is 64.4 Å². The van der Waals surface area contributed by atoms with Crippen molar-refractivity contribution in [3.63, 3.8) is 0 Å². The summed E-state index contributed by atoms with van der Waals surface area (Å²) in [7, 11) is -4.44. The number of rotatable bonds is 14. The fourth-order valence-electron chi connectivity index (χ4n) is 3.83. The van der Waals surface area contributed by atoms with E-state index in [4.69, 9.17) is 0 Å². The van der Waals surface area contributed by atoms with Gasteiger partial charge in [0.2, 0.25) is 0 Å². The van der Waals surface area contributed by atoms with Gasteiger partial charge in [-0.15, -0.1) is 0 Å². The second-order valence-corrected chi connectivity index (χ2v) is 9.25. The Bertz CT molecular complexity index is 818. The Morgan fingerprint density at radius 2 is 1.31 bits per heavy atom. The molecule has 0 fully saturated rings. The van der Waals surface area contributed by atoms with Gasteiger partial charge in [-0.1, -0.05) is 102 Å². The van der Waals surface area contributed by atoms with Crippen LogP contribution in [0.15, 0.2) is 41.3 Å². The minimum Gasteiger partial charge on any atom is -0.744 e. The standard InChI is InChI=1S/C24H36O3S.K/c1-2-3-4-5-6-7-8-9-10-11-12-13-15-21-18-19-22-16-14-17-24(23(22)20-21)28(25,26)27;/h14,16-20H,2-13,15H2,1H3,(H,25,26,27);/q;+1/p-1. The molecule has 0 aromatic heterocycles. The Balaban J connectivity index is 0.00000420. The normalized spacial score (nSPS) is 11.5. The number of hydrogen-bond acceptors (Lipinski definition) is 3. The average Bonchev–Trinajstić information content (AvgIpc) is 2.67. The summed E-state index contributed by atoms with van der Waals surface area (Å²) < 4.78 is 34.4. The first kappa shape index (κ1) is 27.3. The van der Waals surface area contributed by atoms with Crippen molar-refractivity contribution in [2.45, 2.75) is 95.3 Å². The van der Waals surface area contributed by atoms with Crippen LogP contribution in [0, 0.1) is 0 Å². The molecule has 0 amide bonds. The van der Waals surface area contributed by atoms with Crippen LogP contribution >= 0.6 is 0 Å². The molecule has 29 heavy (non-hydrogen) atoms. The maximum atomic E-state index is 11.5. The van der Waals surface area contributed by atoms with Crippen LogP contribution in [0.1, 0.15) is 89.5 Å². The van der Waals surface area contributed by atoms with Gasteiger partial charge in [-0.2, -0.15) is 0 Å². The summed E-state index contributed by atoms with van der Waals surface area (Å²) in [5.41, 5.74) is 1.11. The van der Waals surface area contributed by atoms with Gasteiger partial charge in [0.15, 0.2) is 0 Å². The van der Waals surface area contributed by atoms with Crippen LogP contribution in [0.3, 0.4) is 0 Å². The summed E-state index contributed by atoms with van der Waals surface area (Å²) in [4.78, 5) is -0.110. The molecule has 0 spiro atoms. The Morgan fingerprint density at radius 1 is 0.759 bits per heavy atom. The number of hydrogen-bond donors (Lipinski definition) is 0. The van der Waals surface area contributed by atoms with E-state index in [0.29, 0.717) is 5.39 Å². The van der Waals surface area contributed by atoms with Crippen molar-refractivity contribution in [1.29, 1.82) is 0 Å². The van der Waals surface area contributed by atoms with Crippen LogP contribution in [-0.2, 0) is 16.5 Å². The van der Waals surface area contributed by atoms with E-state index in [1.165, 1.54) is 76.7 Å². The first-order valence-electron chi connectivity index (χ1n) is 11.0. The maximum absolute atomic E-state index is 11.5. The second kappa shape index (κ2) is 15.1. The number of aryl methyl sites for hydroxylation is 1. The van der Waals surface area contributed by atoms with Crippen molar-refractivity contribution in [2.75, 3.05) is 0 Å². The first-order valence-corrected chi connectivity index (χ1v) is 12.4. The quantitative estimate of drug-likeness (QED) is 0.252. The van der Waals surface area contributed by atoms with Gasteiger partial charge in [0.25, 0.3) is 0 Å². The van der Waals surface area contributed by atoms with Crippen LogP contribution < -0.4 is 51.4 Å². The first-order chi connectivity index (χ1) is 13.5. The summed E-state index contributed by atoms with van der Waals surface area (Å²) >= 11 is 0. The summed E-state index contributed by atoms with van der Waals surface area (Å²) in [5, 5.41) is 1.35. The Morgan fingerprint density at radius 3 is 1.86 bits per heavy atom. The molecule has 3 nitrogen and oxygen atoms in total. The zero-order chi connectivity index (χ0) is 20.2. The molecule has 0 aliphatic heterocycles. The summed E-state index contributed by atoms with van der Waals surface area (Å²) in [6, 6.07) is 10.7. The molecule has 0 N–H and O–H groups in total. The van der Waals surface area contributed by atoms with E-state index in [1.807, 2.05) is 24.3 Å². The maximum Gasteiger partial charge on any atom is 1.00 e. The fraction of sp³-hybridized carbons (Fsp3) is 0.583. The Kier molecular flexibility index (Phi) is 14.2. The molecule has 2 rings (SSSR count). The van der Waals surface area contributed by atoms with Crippen molar-refractivity contribution in [2.24, 2.45) is 0 Å². The monoisotopic (exact) mass is 442 g/mol. The van der Waals surface area contributed by atoms with E-state index in [0.717, 1.165) is 23.8 Å². The predicted octanol–water partition coefficient (Wildman–Crippen LogP) is 3.99. The van der Waals surface area contributed by atoms with E-state index >= 15 is 0 Å². The average molecular weight is 443 g/mol. The molecule has 0 saturated heterocycles. The third kappa shape index (κ3) is 10.4. The van der Waals surface area contributed by atoms with E-state index in [2.05, 4.69) is 6.92 Å². The van der Waals surface area contributed by atoms with Crippen LogP contribution in [0.2, 0.25) is 0 Å². The van der Waals surface area contributed by atoms with E-state index in [-0.39, 0.29) is 56.3 Å². The van der Waals surface area contributed by atoms with Gasteiger partial charge in [-0.3, -0.25) is 0 Å². The number of unbranched alkanes of at least 4 members (excludes halogenated alkanes) is 11. The Labute approximate surface area is 220 Å². The molecule has 2 aromatic carbocycles. The second-order valence-electron chi connectivity index (χ2n) is 7.90. The summed E-state index contributed by atoms with van der Waals surface area (Å²) in [6.07, 6.45) is 16.8. The van der Waals surface area contributed by atoms with E-state index in [9.17, 15) is 13.0 Å². The molecular formula is C24H35KO3S. The molecule has 0 radical (unpaired) electrons. The molecule has 0 unspecified atom stereocenters. The summed E-state index contributed by atoms with van der Waals surface area (Å²) in [5.74, 6) is 0. The van der Waals surface area contributed by atoms with Crippen LogP contribution in [0.25, 0.3) is 10.8 Å². The largest absolute Gasteiger partial charge is 1.00 e. The minimum absolute atomic E-state index is 0. The van der Waals surface area contributed by atoms with Crippen LogP contribution in [-0.4, -0.2) is 13.0 Å². The van der Waals surface area contributed by atoms with Crippen molar-refractivity contribution >= 4 is 20.9 Å². The van der Waals surface area contributed by atoms with E-state index < -0.39 is 10.1 Å². The molecule has 0 aliphatic carbocycles. The van der Waals surface area contributed by atoms with Crippen molar-refractivity contribution in [1.82, 2.24) is 0 Å². The molecule has 0 atom stereocenters. The Hall–Kier alpha value is 0.246. The zero-order valence-corrected chi connectivity index (χ0v) is 22.2. The van der Waals surface area contributed by atoms with Gasteiger partial charge in [0.1, 0.15) is 10.1 Å². The van der Waals surface area contributed by atoms with Crippen molar-refractivity contribution in [3.8, 4) is 0 Å². The molecule has 0 heterocycles. The SMILES string of the molecule is CCCCCCCCCCCCCCc1ccc2cccc(S(=O)(=O)[O-])c2c1.[K+]. The topological polar surface area (TPSA) is 57.2 Å². The zero-order valence-electron chi connectivity index (χ0n) is 18.3. The molecular weight excluding hydrogens is 407 g/mol. The number of benzene rings is 2. The van der Waals surface area contributed by atoms with Crippen molar-refractivity contribution in [3.05, 3.63) is 42.0 Å². The van der Waals surface area contributed by atoms with Crippen LogP contribution in [0.5, 0.6) is 0 Å². The van der Waals surface area contributed by atoms with Gasteiger partial charge >= 0.3 is 51.4 Å². The van der Waals surface area contributed by atoms with Crippen LogP contribution in [0.4, 0.5) is 0 Å². The summed E-state index contributed by atoms with van der Waals surface area (Å²) in [6.45, 7) is 2.26. The predicted molar refractivity (Wildman–Crippen MR) is 117 cm³/mol. The number of fused-ring (bicyclic) bond motifs is 1. The minimum atomic E-state index is -4.44.